The number of benzene rings is 2. The van der Waals surface area contributed by atoms with Crippen LogP contribution in [0.25, 0.3) is 15.7 Å². The minimum Gasteiger partial charge on any atom is -0.493 e. The topological polar surface area (TPSA) is 161 Å². The number of hydrogen-bond acceptors (Lipinski definition) is 12. The molecule has 3 N–H and O–H groups in total. The Hall–Kier alpha value is -6.17. The fourth-order valence-corrected chi connectivity index (χ4v) is 9.90. The molecule has 63 heavy (non-hydrogen) atoms. The molecule has 0 radical (unpaired) electrons. The van der Waals surface area contributed by atoms with Gasteiger partial charge in [-0.25, -0.2) is 42.0 Å². The molecule has 1 saturated heterocycles. The number of aromatic amines is 1. The second-order valence-corrected chi connectivity index (χ2v) is 17.8. The van der Waals surface area contributed by atoms with Crippen molar-refractivity contribution in [2.75, 3.05) is 25.6 Å². The maximum atomic E-state index is 16.0. The molecule has 3 aromatic heterocycles. The number of nitrogens with zero attached hydrogens (tertiary/aromatic N) is 3. The number of aryl methyl sites for hydroxylation is 2. The molecule has 0 saturated carbocycles. The Kier molecular flexibility index (Phi) is 11.6. The van der Waals surface area contributed by atoms with Crippen LogP contribution in [0, 0.1) is 18.6 Å². The maximum absolute atomic E-state index is 16.0. The summed E-state index contributed by atoms with van der Waals surface area (Å²) in [6, 6.07) is 9.72. The Morgan fingerprint density at radius 2 is 1.86 bits per heavy atom. The molecule has 3 aliphatic rings. The number of anilines is 1. The number of alkyl halides is 2. The molecule has 1 unspecified atom stereocenters. The van der Waals surface area contributed by atoms with Gasteiger partial charge in [-0.3, -0.25) is 4.90 Å². The molecule has 2 aromatic carbocycles. The smallest absolute Gasteiger partial charge is 0.434 e. The molecule has 332 valence electrons. The lowest BCUT2D eigenvalue weighted by Gasteiger charge is -2.37. The standard InChI is InChI=1S/C45H46F4N6O7S/c1-7-60-41(56)34-33(31-20-24-19-22(2)50-39(37(24)63-31)52-38-26-15-16-28(47)36(59-6)27(26)21-45(38,48)49)32(40-53-54-42(57)61-40)29(17-12-23-10-13-25(46)14-11-23)51-35(34)30-9-8-18-55(30)43(58)62-44(3,4)5/h10-11,13-16,19-20,30,33,38,51H,7-9,12,17-18,21H2,1-6H3,(H,50,52)(H,54,57)/t30-,33?,38-/m0/s1. The highest BCUT2D eigenvalue weighted by Crippen LogP contribution is 2.52. The number of ether oxygens (including phenoxy) is 3. The van der Waals surface area contributed by atoms with Crippen LogP contribution in [0.15, 0.2) is 74.7 Å². The van der Waals surface area contributed by atoms with Gasteiger partial charge in [0.05, 0.1) is 35.9 Å². The first kappa shape index (κ1) is 43.5. The van der Waals surface area contributed by atoms with E-state index < -0.39 is 65.4 Å². The zero-order valence-corrected chi connectivity index (χ0v) is 36.2. The highest BCUT2D eigenvalue weighted by atomic mass is 32.1. The van der Waals surface area contributed by atoms with Crippen molar-refractivity contribution in [3.63, 3.8) is 0 Å². The van der Waals surface area contributed by atoms with E-state index in [1.807, 2.05) is 6.07 Å². The van der Waals surface area contributed by atoms with Crippen molar-refractivity contribution in [3.8, 4) is 5.75 Å². The number of thiophene rings is 1. The number of methoxy groups -OCH3 is 1. The van der Waals surface area contributed by atoms with Crippen molar-refractivity contribution in [1.82, 2.24) is 25.4 Å². The van der Waals surface area contributed by atoms with Gasteiger partial charge in [0, 0.05) is 46.1 Å². The van der Waals surface area contributed by atoms with Gasteiger partial charge in [0.1, 0.15) is 23.3 Å². The second-order valence-electron chi connectivity index (χ2n) is 16.7. The third kappa shape index (κ3) is 8.52. The lowest BCUT2D eigenvalue weighted by atomic mass is 9.81. The van der Waals surface area contributed by atoms with Gasteiger partial charge in [0.25, 0.3) is 5.92 Å². The number of carbonyl (C=O) groups excluding carboxylic acids is 2. The molecule has 3 atom stereocenters. The van der Waals surface area contributed by atoms with E-state index in [2.05, 4.69) is 25.8 Å². The molecule has 0 bridgehead atoms. The van der Waals surface area contributed by atoms with Crippen molar-refractivity contribution < 1.29 is 45.8 Å². The Labute approximate surface area is 363 Å². The zero-order valence-electron chi connectivity index (χ0n) is 35.4. The summed E-state index contributed by atoms with van der Waals surface area (Å²) < 4.78 is 83.5. The molecule has 1 amide bonds. The molecule has 5 heterocycles. The van der Waals surface area contributed by atoms with Gasteiger partial charge in [-0.1, -0.05) is 18.2 Å². The maximum Gasteiger partial charge on any atom is 0.434 e. The largest absolute Gasteiger partial charge is 0.493 e. The van der Waals surface area contributed by atoms with Crippen molar-refractivity contribution in [1.29, 1.82) is 0 Å². The van der Waals surface area contributed by atoms with Crippen LogP contribution in [0.5, 0.6) is 5.75 Å². The van der Waals surface area contributed by atoms with Gasteiger partial charge >= 0.3 is 17.8 Å². The summed E-state index contributed by atoms with van der Waals surface area (Å²) in [7, 11) is 1.23. The average molecular weight is 891 g/mol. The molecule has 18 heteroatoms. The Bertz CT molecular complexity index is 2720. The first-order valence-corrected chi connectivity index (χ1v) is 21.4. The summed E-state index contributed by atoms with van der Waals surface area (Å²) in [5, 5.41) is 13.6. The lowest BCUT2D eigenvalue weighted by Crippen LogP contribution is -2.45. The van der Waals surface area contributed by atoms with Crippen LogP contribution in [0.2, 0.25) is 0 Å². The first-order chi connectivity index (χ1) is 30.0. The number of fused-ring (bicyclic) bond motifs is 2. The van der Waals surface area contributed by atoms with Crippen LogP contribution in [-0.2, 0) is 27.1 Å². The normalized spacial score (nSPS) is 19.7. The van der Waals surface area contributed by atoms with Crippen molar-refractivity contribution in [2.24, 2.45) is 0 Å². The number of halogens is 4. The van der Waals surface area contributed by atoms with E-state index in [-0.39, 0.29) is 47.2 Å². The fourth-order valence-electron chi connectivity index (χ4n) is 8.69. The fraction of sp³-hybridized carbons (Fsp3) is 0.400. The number of amides is 1. The van der Waals surface area contributed by atoms with Gasteiger partial charge in [0.2, 0.25) is 5.89 Å². The molecular weight excluding hydrogens is 845 g/mol. The van der Waals surface area contributed by atoms with E-state index in [1.54, 1.807) is 57.7 Å². The second kappa shape index (κ2) is 16.8. The van der Waals surface area contributed by atoms with Crippen molar-refractivity contribution >= 4 is 44.9 Å². The van der Waals surface area contributed by atoms with Gasteiger partial charge in [-0.15, -0.1) is 16.4 Å². The van der Waals surface area contributed by atoms with Gasteiger partial charge in [0.15, 0.2) is 11.6 Å². The number of esters is 1. The molecule has 1 fully saturated rings. The number of hydrogen-bond donors (Lipinski definition) is 3. The molecule has 13 nitrogen and oxygen atoms in total. The van der Waals surface area contributed by atoms with E-state index in [1.165, 1.54) is 36.6 Å². The summed E-state index contributed by atoms with van der Waals surface area (Å²) in [4.78, 5) is 47.9. The summed E-state index contributed by atoms with van der Waals surface area (Å²) in [6.45, 7) is 8.99. The number of aromatic nitrogens is 3. The third-order valence-corrected chi connectivity index (χ3v) is 12.5. The average Bonchev–Trinajstić information content (AvgIpc) is 4.02. The highest BCUT2D eigenvalue weighted by Gasteiger charge is 2.50. The summed E-state index contributed by atoms with van der Waals surface area (Å²) in [5.74, 6) is -7.41. The first-order valence-electron chi connectivity index (χ1n) is 20.6. The van der Waals surface area contributed by atoms with E-state index in [0.29, 0.717) is 63.4 Å². The summed E-state index contributed by atoms with van der Waals surface area (Å²) in [6.07, 6.45) is 0.302. The summed E-state index contributed by atoms with van der Waals surface area (Å²) >= 11 is 1.17. The Morgan fingerprint density at radius 3 is 2.54 bits per heavy atom. The van der Waals surface area contributed by atoms with Crippen LogP contribution in [0.1, 0.15) is 92.1 Å². The quantitative estimate of drug-likeness (QED) is 0.0859. The Morgan fingerprint density at radius 1 is 1.10 bits per heavy atom. The van der Waals surface area contributed by atoms with Gasteiger partial charge in [-0.05, 0) is 107 Å². The van der Waals surface area contributed by atoms with E-state index >= 15 is 8.78 Å². The molecule has 0 spiro atoms. The van der Waals surface area contributed by atoms with E-state index in [9.17, 15) is 23.2 Å². The minimum atomic E-state index is -3.36. The predicted octanol–water partition coefficient (Wildman–Crippen LogP) is 8.86. The van der Waals surface area contributed by atoms with Crippen molar-refractivity contribution in [3.05, 3.63) is 121 Å². The summed E-state index contributed by atoms with van der Waals surface area (Å²) in [5.41, 5.74) is 1.95. The number of rotatable bonds is 11. The number of pyridine rings is 1. The molecule has 1 aliphatic carbocycles. The number of dihydropyridines is 1. The van der Waals surface area contributed by atoms with Crippen LogP contribution in [0.3, 0.4) is 0 Å². The van der Waals surface area contributed by atoms with E-state index in [4.69, 9.17) is 18.6 Å². The molecule has 8 rings (SSSR count). The number of nitrogens with one attached hydrogen (secondary N) is 3. The number of H-pyrrole nitrogens is 1. The SMILES string of the molecule is CCOC(=O)C1=C([C@@H]2CCCN2C(=O)OC(C)(C)C)NC(CCc2ccc(F)cc2)=C(c2n[nH]c(=O)o2)C1c1cc2cc(C)nc(N[C@H]3c4ccc(F)c(OC)c4CC3(F)F)c2s1. The lowest BCUT2D eigenvalue weighted by molar-refractivity contribution is -0.138. The molecule has 2 aliphatic heterocycles. The van der Waals surface area contributed by atoms with Crippen LogP contribution in [-0.4, -0.2) is 70.0 Å². The third-order valence-electron chi connectivity index (χ3n) is 11.2. The number of carbonyl (C=O) groups is 2. The van der Waals surface area contributed by atoms with Gasteiger partial charge < -0.3 is 29.3 Å². The predicted molar refractivity (Wildman–Crippen MR) is 227 cm³/mol. The van der Waals surface area contributed by atoms with Crippen molar-refractivity contribution in [2.45, 2.75) is 96.2 Å². The van der Waals surface area contributed by atoms with Crippen LogP contribution >= 0.6 is 11.3 Å². The zero-order chi connectivity index (χ0) is 45.0. The Balaban J connectivity index is 1.33. The number of allylic oxidation sites excluding steroid dienone is 2. The molecular formula is C45H46F4N6O7S. The number of likely N-dealkylation sites (tertiary alicyclic amines) is 1. The van der Waals surface area contributed by atoms with Crippen LogP contribution < -0.4 is 21.1 Å². The minimum absolute atomic E-state index is 0.00784. The molecule has 5 aromatic rings. The van der Waals surface area contributed by atoms with Crippen LogP contribution in [0.4, 0.5) is 28.2 Å². The van der Waals surface area contributed by atoms with Gasteiger partial charge in [-0.2, -0.15) is 0 Å². The highest BCUT2D eigenvalue weighted by molar-refractivity contribution is 7.19. The monoisotopic (exact) mass is 890 g/mol. The van der Waals surface area contributed by atoms with E-state index in [0.717, 1.165) is 11.6 Å².